The fraction of sp³-hybridized carbons (Fsp3) is 0.625. The Morgan fingerprint density at radius 3 is 2.70 bits per heavy atom. The number of rotatable bonds is 3. The molecule has 1 aromatic rings. The third kappa shape index (κ3) is 3.16. The molecule has 1 fully saturated rings. The second-order valence-corrected chi connectivity index (χ2v) is 6.59. The van der Waals surface area contributed by atoms with Gasteiger partial charge in [-0.1, -0.05) is 31.5 Å². The van der Waals surface area contributed by atoms with Crippen LogP contribution >= 0.6 is 11.6 Å². The highest BCUT2D eigenvalue weighted by Gasteiger charge is 2.33. The van der Waals surface area contributed by atoms with Crippen LogP contribution in [0.4, 0.5) is 4.39 Å². The second kappa shape index (κ2) is 6.42. The lowest BCUT2D eigenvalue weighted by molar-refractivity contribution is 0.0424. The van der Waals surface area contributed by atoms with Gasteiger partial charge in [-0.15, -0.1) is 0 Å². The van der Waals surface area contributed by atoms with Crippen molar-refractivity contribution in [2.45, 2.75) is 39.3 Å². The SMILES string of the molecule is CC1CC(C)C(C)N(C(CN)c2ccc(F)c(Cl)c2)C1. The van der Waals surface area contributed by atoms with Crippen LogP contribution in [0.2, 0.25) is 5.02 Å². The average Bonchev–Trinajstić information content (AvgIpc) is 2.40. The molecule has 4 unspecified atom stereocenters. The van der Waals surface area contributed by atoms with Crippen molar-refractivity contribution < 1.29 is 4.39 Å². The number of halogens is 2. The number of nitrogens with zero attached hydrogens (tertiary/aromatic N) is 1. The lowest BCUT2D eigenvalue weighted by Crippen LogP contribution is -2.49. The van der Waals surface area contributed by atoms with Crippen LogP contribution in [0, 0.1) is 17.7 Å². The fourth-order valence-corrected chi connectivity index (χ4v) is 3.54. The molecule has 0 spiro atoms. The molecular formula is C16H24ClFN2. The molecule has 0 aliphatic carbocycles. The van der Waals surface area contributed by atoms with Crippen LogP contribution in [0.1, 0.15) is 38.8 Å². The van der Waals surface area contributed by atoms with E-state index in [2.05, 4.69) is 25.7 Å². The Hall–Kier alpha value is -0.640. The van der Waals surface area contributed by atoms with E-state index < -0.39 is 0 Å². The Morgan fingerprint density at radius 1 is 1.40 bits per heavy atom. The summed E-state index contributed by atoms with van der Waals surface area (Å²) in [5.41, 5.74) is 7.00. The van der Waals surface area contributed by atoms with E-state index in [-0.39, 0.29) is 16.9 Å². The molecule has 4 atom stereocenters. The molecule has 1 aliphatic heterocycles. The van der Waals surface area contributed by atoms with Crippen molar-refractivity contribution in [2.24, 2.45) is 17.6 Å². The lowest BCUT2D eigenvalue weighted by Gasteiger charge is -2.45. The van der Waals surface area contributed by atoms with E-state index in [4.69, 9.17) is 17.3 Å². The third-order valence-electron chi connectivity index (χ3n) is 4.60. The van der Waals surface area contributed by atoms with Crippen molar-refractivity contribution in [2.75, 3.05) is 13.1 Å². The Morgan fingerprint density at radius 2 is 2.10 bits per heavy atom. The van der Waals surface area contributed by atoms with Crippen molar-refractivity contribution in [3.8, 4) is 0 Å². The van der Waals surface area contributed by atoms with E-state index in [1.807, 2.05) is 0 Å². The third-order valence-corrected chi connectivity index (χ3v) is 4.88. The standard InChI is InChI=1S/C16H24ClFN2/c1-10-6-11(2)12(3)20(9-10)16(8-19)13-4-5-15(18)14(17)7-13/h4-5,7,10-12,16H,6,8-9,19H2,1-3H3. The summed E-state index contributed by atoms with van der Waals surface area (Å²) in [5, 5.41) is 0.173. The van der Waals surface area contributed by atoms with Crippen LogP contribution in [0.25, 0.3) is 0 Å². The molecule has 0 amide bonds. The molecule has 2 nitrogen and oxygen atoms in total. The van der Waals surface area contributed by atoms with E-state index in [0.29, 0.717) is 24.4 Å². The van der Waals surface area contributed by atoms with Gasteiger partial charge >= 0.3 is 0 Å². The van der Waals surface area contributed by atoms with Gasteiger partial charge < -0.3 is 5.73 Å². The maximum absolute atomic E-state index is 13.3. The Kier molecular flexibility index (Phi) is 5.05. The van der Waals surface area contributed by atoms with Crippen molar-refractivity contribution in [1.82, 2.24) is 4.90 Å². The largest absolute Gasteiger partial charge is 0.329 e. The molecule has 1 saturated heterocycles. The minimum Gasteiger partial charge on any atom is -0.329 e. The van der Waals surface area contributed by atoms with Crippen molar-refractivity contribution in [3.63, 3.8) is 0 Å². The molecule has 1 heterocycles. The number of hydrogen-bond donors (Lipinski definition) is 1. The van der Waals surface area contributed by atoms with E-state index in [1.165, 1.54) is 12.5 Å². The highest BCUT2D eigenvalue weighted by atomic mass is 35.5. The summed E-state index contributed by atoms with van der Waals surface area (Å²) in [6.45, 7) is 8.37. The Labute approximate surface area is 126 Å². The number of likely N-dealkylation sites (tertiary alicyclic amines) is 1. The summed E-state index contributed by atoms with van der Waals surface area (Å²) in [7, 11) is 0. The minimum absolute atomic E-state index is 0.105. The van der Waals surface area contributed by atoms with Crippen LogP contribution in [0.15, 0.2) is 18.2 Å². The number of piperidine rings is 1. The van der Waals surface area contributed by atoms with Crippen LogP contribution < -0.4 is 5.73 Å². The van der Waals surface area contributed by atoms with E-state index in [0.717, 1.165) is 12.1 Å². The normalized spacial score (nSPS) is 29.4. The predicted molar refractivity (Wildman–Crippen MR) is 82.3 cm³/mol. The van der Waals surface area contributed by atoms with Gasteiger partial charge in [0, 0.05) is 25.2 Å². The smallest absolute Gasteiger partial charge is 0.141 e. The zero-order chi connectivity index (χ0) is 14.9. The molecule has 0 aromatic heterocycles. The Balaban J connectivity index is 2.28. The first-order valence-corrected chi connectivity index (χ1v) is 7.72. The average molecular weight is 299 g/mol. The Bertz CT molecular complexity index is 466. The number of benzene rings is 1. The van der Waals surface area contributed by atoms with Crippen LogP contribution in [-0.2, 0) is 0 Å². The molecule has 0 saturated carbocycles. The molecule has 2 rings (SSSR count). The molecular weight excluding hydrogens is 275 g/mol. The van der Waals surface area contributed by atoms with E-state index in [1.54, 1.807) is 12.1 Å². The van der Waals surface area contributed by atoms with Crippen LogP contribution in [-0.4, -0.2) is 24.0 Å². The summed E-state index contributed by atoms with van der Waals surface area (Å²) >= 11 is 5.91. The van der Waals surface area contributed by atoms with Crippen LogP contribution in [0.3, 0.4) is 0 Å². The summed E-state index contributed by atoms with van der Waals surface area (Å²) in [5.74, 6) is 0.925. The molecule has 0 bridgehead atoms. The first kappa shape index (κ1) is 15.7. The summed E-state index contributed by atoms with van der Waals surface area (Å²) < 4.78 is 13.3. The van der Waals surface area contributed by atoms with Crippen molar-refractivity contribution >= 4 is 11.6 Å². The van der Waals surface area contributed by atoms with Gasteiger partial charge in [0.2, 0.25) is 0 Å². The first-order chi connectivity index (χ1) is 9.43. The second-order valence-electron chi connectivity index (χ2n) is 6.18. The van der Waals surface area contributed by atoms with Gasteiger partial charge in [-0.05, 0) is 42.9 Å². The molecule has 1 aliphatic rings. The quantitative estimate of drug-likeness (QED) is 0.918. The van der Waals surface area contributed by atoms with Gasteiger partial charge in [-0.25, -0.2) is 4.39 Å². The van der Waals surface area contributed by atoms with Crippen molar-refractivity contribution in [1.29, 1.82) is 0 Å². The zero-order valence-corrected chi connectivity index (χ0v) is 13.2. The maximum atomic E-state index is 13.3. The minimum atomic E-state index is -0.375. The van der Waals surface area contributed by atoms with E-state index in [9.17, 15) is 4.39 Å². The zero-order valence-electron chi connectivity index (χ0n) is 12.4. The van der Waals surface area contributed by atoms with Gasteiger partial charge in [0.1, 0.15) is 5.82 Å². The fourth-order valence-electron chi connectivity index (χ4n) is 3.35. The molecule has 20 heavy (non-hydrogen) atoms. The summed E-state index contributed by atoms with van der Waals surface area (Å²) in [4.78, 5) is 2.45. The molecule has 1 aromatic carbocycles. The molecule has 2 N–H and O–H groups in total. The molecule has 4 heteroatoms. The monoisotopic (exact) mass is 298 g/mol. The van der Waals surface area contributed by atoms with Gasteiger partial charge in [-0.3, -0.25) is 4.90 Å². The number of nitrogens with two attached hydrogens (primary N) is 1. The highest BCUT2D eigenvalue weighted by molar-refractivity contribution is 6.30. The van der Waals surface area contributed by atoms with Crippen LogP contribution in [0.5, 0.6) is 0 Å². The van der Waals surface area contributed by atoms with Gasteiger partial charge in [0.15, 0.2) is 0 Å². The van der Waals surface area contributed by atoms with Gasteiger partial charge in [-0.2, -0.15) is 0 Å². The highest BCUT2D eigenvalue weighted by Crippen LogP contribution is 2.34. The van der Waals surface area contributed by atoms with Crippen molar-refractivity contribution in [3.05, 3.63) is 34.6 Å². The van der Waals surface area contributed by atoms with E-state index >= 15 is 0 Å². The summed E-state index contributed by atoms with van der Waals surface area (Å²) in [6, 6.07) is 5.53. The van der Waals surface area contributed by atoms with Gasteiger partial charge in [0.05, 0.1) is 5.02 Å². The maximum Gasteiger partial charge on any atom is 0.141 e. The molecule has 0 radical (unpaired) electrons. The first-order valence-electron chi connectivity index (χ1n) is 7.34. The summed E-state index contributed by atoms with van der Waals surface area (Å²) in [6.07, 6.45) is 1.25. The van der Waals surface area contributed by atoms with Gasteiger partial charge in [0.25, 0.3) is 0 Å². The number of hydrogen-bond acceptors (Lipinski definition) is 2. The lowest BCUT2D eigenvalue weighted by atomic mass is 9.84. The molecule has 112 valence electrons. The predicted octanol–water partition coefficient (Wildman–Crippen LogP) is 3.85. The topological polar surface area (TPSA) is 29.3 Å².